The molecule has 0 amide bonds. The third-order valence-corrected chi connectivity index (χ3v) is 4.49. The second kappa shape index (κ2) is 9.33. The minimum Gasteiger partial charge on any atom is -0.345 e. The van der Waals surface area contributed by atoms with E-state index in [0.29, 0.717) is 0 Å². The normalized spacial score (nSPS) is 10.2. The molecule has 5 rings (SSSR count). The average Bonchev–Trinajstić information content (AvgIpc) is 3.49. The van der Waals surface area contributed by atoms with Gasteiger partial charge in [-0.25, -0.2) is 9.97 Å². The highest BCUT2D eigenvalue weighted by molar-refractivity contribution is 5.55. The second-order valence-corrected chi connectivity index (χ2v) is 6.53. The van der Waals surface area contributed by atoms with Crippen LogP contribution in [0.15, 0.2) is 116 Å². The van der Waals surface area contributed by atoms with Gasteiger partial charge in [-0.3, -0.25) is 0 Å². The van der Waals surface area contributed by atoms with Gasteiger partial charge in [-0.15, -0.1) is 0 Å². The maximum Gasteiger partial charge on any atom is 0.140 e. The number of nitrogens with one attached hydrogen (secondary N) is 1. The van der Waals surface area contributed by atoms with Gasteiger partial charge in [0.1, 0.15) is 11.6 Å². The molecule has 0 radical (unpaired) electrons. The van der Waals surface area contributed by atoms with Crippen molar-refractivity contribution in [3.05, 3.63) is 121 Å². The Hall–Kier alpha value is -3.92. The van der Waals surface area contributed by atoms with E-state index >= 15 is 0 Å². The Labute approximate surface area is 170 Å². The number of hydrogen-bond acceptors (Lipinski definition) is 2. The molecular formula is C25H22N4. The summed E-state index contributed by atoms with van der Waals surface area (Å²) in [4.78, 5) is 11.6. The van der Waals surface area contributed by atoms with Crippen LogP contribution in [0.2, 0.25) is 0 Å². The first kappa shape index (κ1) is 18.4. The number of benzene rings is 3. The fourth-order valence-electron chi connectivity index (χ4n) is 3.08. The van der Waals surface area contributed by atoms with E-state index in [4.69, 9.17) is 0 Å². The quantitative estimate of drug-likeness (QED) is 0.438. The standard InChI is InChI=1S/C16H14N2.C9H8N2/c1-3-7-14(8-4-1)13-18-12-11-17-16(18)15-9-5-2-6-10-15;1-2-4-8(5-3-1)9-10-6-7-11-9/h1-12H,13H2;1-7H,(H,10,11). The molecule has 4 heteroatoms. The Bertz CT molecular complexity index is 1100. The lowest BCUT2D eigenvalue weighted by Crippen LogP contribution is -2.00. The summed E-state index contributed by atoms with van der Waals surface area (Å²) in [7, 11) is 0. The van der Waals surface area contributed by atoms with Crippen LogP contribution in [0.1, 0.15) is 5.56 Å². The van der Waals surface area contributed by atoms with Gasteiger partial charge in [0.15, 0.2) is 0 Å². The molecule has 4 nitrogen and oxygen atoms in total. The Morgan fingerprint density at radius 2 is 1.28 bits per heavy atom. The minimum absolute atomic E-state index is 0.852. The zero-order chi connectivity index (χ0) is 19.7. The molecule has 0 fully saturated rings. The summed E-state index contributed by atoms with van der Waals surface area (Å²) in [5.41, 5.74) is 3.56. The number of aromatic nitrogens is 4. The molecule has 0 spiro atoms. The van der Waals surface area contributed by atoms with Crippen LogP contribution in [0, 0.1) is 0 Å². The molecule has 0 bridgehead atoms. The maximum absolute atomic E-state index is 4.45. The van der Waals surface area contributed by atoms with Crippen molar-refractivity contribution in [1.82, 2.24) is 19.5 Å². The lowest BCUT2D eigenvalue weighted by atomic mass is 10.2. The van der Waals surface area contributed by atoms with Crippen molar-refractivity contribution in [2.45, 2.75) is 6.54 Å². The Kier molecular flexibility index (Phi) is 5.93. The van der Waals surface area contributed by atoms with Crippen LogP contribution in [0.3, 0.4) is 0 Å². The largest absolute Gasteiger partial charge is 0.345 e. The summed E-state index contributed by atoms with van der Waals surface area (Å²) < 4.78 is 2.17. The van der Waals surface area contributed by atoms with Crippen LogP contribution in [0.4, 0.5) is 0 Å². The highest BCUT2D eigenvalue weighted by atomic mass is 15.1. The van der Waals surface area contributed by atoms with Crippen LogP contribution in [-0.2, 0) is 6.54 Å². The molecule has 0 aliphatic carbocycles. The number of aromatic amines is 1. The van der Waals surface area contributed by atoms with E-state index in [1.54, 1.807) is 6.20 Å². The van der Waals surface area contributed by atoms with Crippen LogP contribution < -0.4 is 0 Å². The van der Waals surface area contributed by atoms with Gasteiger partial charge in [0.05, 0.1) is 0 Å². The lowest BCUT2D eigenvalue weighted by Gasteiger charge is -2.07. The van der Waals surface area contributed by atoms with Crippen molar-refractivity contribution in [2.24, 2.45) is 0 Å². The van der Waals surface area contributed by atoms with E-state index in [9.17, 15) is 0 Å². The Morgan fingerprint density at radius 3 is 1.90 bits per heavy atom. The third kappa shape index (κ3) is 4.87. The maximum atomic E-state index is 4.45. The summed E-state index contributed by atoms with van der Waals surface area (Å²) in [6.45, 7) is 0.852. The second-order valence-electron chi connectivity index (χ2n) is 6.53. The van der Waals surface area contributed by atoms with Gasteiger partial charge in [0.25, 0.3) is 0 Å². The molecule has 0 atom stereocenters. The highest BCUT2D eigenvalue weighted by Crippen LogP contribution is 2.18. The average molecular weight is 378 g/mol. The summed E-state index contributed by atoms with van der Waals surface area (Å²) in [5.74, 6) is 1.94. The summed E-state index contributed by atoms with van der Waals surface area (Å²) in [6, 6.07) is 30.7. The van der Waals surface area contributed by atoms with Crippen molar-refractivity contribution < 1.29 is 0 Å². The van der Waals surface area contributed by atoms with E-state index in [1.165, 1.54) is 5.56 Å². The van der Waals surface area contributed by atoms with Gasteiger partial charge in [-0.2, -0.15) is 0 Å². The molecule has 0 aliphatic heterocycles. The van der Waals surface area contributed by atoms with Gasteiger partial charge < -0.3 is 9.55 Å². The summed E-state index contributed by atoms with van der Waals surface area (Å²) >= 11 is 0. The first-order valence-electron chi connectivity index (χ1n) is 9.55. The van der Waals surface area contributed by atoms with E-state index in [2.05, 4.69) is 55.9 Å². The number of imidazole rings is 2. The smallest absolute Gasteiger partial charge is 0.140 e. The van der Waals surface area contributed by atoms with Crippen LogP contribution in [0.5, 0.6) is 0 Å². The molecule has 0 aliphatic rings. The van der Waals surface area contributed by atoms with Gasteiger partial charge in [-0.05, 0) is 5.56 Å². The van der Waals surface area contributed by atoms with Gasteiger partial charge >= 0.3 is 0 Å². The Morgan fingerprint density at radius 1 is 0.655 bits per heavy atom. The van der Waals surface area contributed by atoms with Crippen molar-refractivity contribution in [3.63, 3.8) is 0 Å². The Balaban J connectivity index is 0.000000159. The molecule has 0 saturated carbocycles. The minimum atomic E-state index is 0.852. The predicted octanol–water partition coefficient (Wildman–Crippen LogP) is 5.68. The topological polar surface area (TPSA) is 46.5 Å². The van der Waals surface area contributed by atoms with Crippen molar-refractivity contribution in [1.29, 1.82) is 0 Å². The number of hydrogen-bond donors (Lipinski definition) is 1. The SMILES string of the molecule is c1ccc(-c2ncc[nH]2)cc1.c1ccc(Cn2ccnc2-c2ccccc2)cc1. The summed E-state index contributed by atoms with van der Waals surface area (Å²) in [6.07, 6.45) is 7.45. The number of nitrogens with zero attached hydrogens (tertiary/aromatic N) is 3. The first-order valence-corrected chi connectivity index (χ1v) is 9.55. The zero-order valence-corrected chi connectivity index (χ0v) is 16.0. The van der Waals surface area contributed by atoms with E-state index in [-0.39, 0.29) is 0 Å². The molecule has 2 heterocycles. The first-order chi connectivity index (χ1) is 14.4. The van der Waals surface area contributed by atoms with E-state index < -0.39 is 0 Å². The molecule has 3 aromatic carbocycles. The predicted molar refractivity (Wildman–Crippen MR) is 117 cm³/mol. The molecule has 2 aromatic heterocycles. The van der Waals surface area contributed by atoms with Crippen LogP contribution in [0.25, 0.3) is 22.8 Å². The monoisotopic (exact) mass is 378 g/mol. The lowest BCUT2D eigenvalue weighted by molar-refractivity contribution is 0.807. The van der Waals surface area contributed by atoms with Gasteiger partial charge in [0.2, 0.25) is 0 Å². The van der Waals surface area contributed by atoms with E-state index in [0.717, 1.165) is 29.3 Å². The third-order valence-electron chi connectivity index (χ3n) is 4.49. The molecule has 5 aromatic rings. The van der Waals surface area contributed by atoms with Crippen molar-refractivity contribution in [2.75, 3.05) is 0 Å². The zero-order valence-electron chi connectivity index (χ0n) is 16.0. The van der Waals surface area contributed by atoms with Crippen molar-refractivity contribution >= 4 is 0 Å². The number of rotatable bonds is 4. The molecular weight excluding hydrogens is 356 g/mol. The fourth-order valence-corrected chi connectivity index (χ4v) is 3.08. The van der Waals surface area contributed by atoms with Gasteiger partial charge in [-0.1, -0.05) is 91.0 Å². The van der Waals surface area contributed by atoms with Crippen LogP contribution in [-0.4, -0.2) is 19.5 Å². The van der Waals surface area contributed by atoms with Crippen molar-refractivity contribution in [3.8, 4) is 22.8 Å². The van der Waals surface area contributed by atoms with E-state index in [1.807, 2.05) is 73.2 Å². The van der Waals surface area contributed by atoms with Gasteiger partial charge in [0, 0.05) is 42.5 Å². The van der Waals surface area contributed by atoms with Crippen LogP contribution >= 0.6 is 0 Å². The molecule has 1 N–H and O–H groups in total. The molecule has 0 unspecified atom stereocenters. The highest BCUT2D eigenvalue weighted by Gasteiger charge is 2.05. The molecule has 29 heavy (non-hydrogen) atoms. The fraction of sp³-hybridized carbons (Fsp3) is 0.0400. The number of H-pyrrole nitrogens is 1. The summed E-state index contributed by atoms with van der Waals surface area (Å²) in [5, 5.41) is 0. The molecule has 0 saturated heterocycles. The molecule has 142 valence electrons.